The molecular formula is C46H30N4O2. The van der Waals surface area contributed by atoms with Crippen molar-refractivity contribution in [2.24, 2.45) is 4.99 Å². The van der Waals surface area contributed by atoms with E-state index >= 15 is 0 Å². The summed E-state index contributed by atoms with van der Waals surface area (Å²) in [5, 5.41) is 29.0. The molecule has 10 aromatic rings. The maximum Gasteiger partial charge on any atom is 0.127 e. The highest BCUT2D eigenvalue weighted by atomic mass is 16.3. The number of aromatic nitrogens is 3. The lowest BCUT2D eigenvalue weighted by molar-refractivity contribution is 0.477. The van der Waals surface area contributed by atoms with Gasteiger partial charge in [-0.15, -0.1) is 0 Å². The lowest BCUT2D eigenvalue weighted by Gasteiger charge is -2.12. The quantitative estimate of drug-likeness (QED) is 0.179. The molecule has 6 heteroatoms. The number of rotatable bonds is 5. The summed E-state index contributed by atoms with van der Waals surface area (Å²) in [6, 6.07) is 54.4. The monoisotopic (exact) mass is 670 g/mol. The highest BCUT2D eigenvalue weighted by Gasteiger charge is 2.16. The number of phenolic OH excluding ortho intramolecular Hbond substituents is 2. The molecule has 10 rings (SSSR count). The summed E-state index contributed by atoms with van der Waals surface area (Å²) < 4.78 is 4.37. The summed E-state index contributed by atoms with van der Waals surface area (Å²) in [6.07, 6.45) is 1.70. The third-order valence-corrected chi connectivity index (χ3v) is 9.96. The zero-order valence-corrected chi connectivity index (χ0v) is 27.8. The fourth-order valence-electron chi connectivity index (χ4n) is 7.69. The van der Waals surface area contributed by atoms with Crippen molar-refractivity contribution < 1.29 is 10.2 Å². The molecule has 246 valence electrons. The van der Waals surface area contributed by atoms with Gasteiger partial charge < -0.3 is 19.3 Å². The van der Waals surface area contributed by atoms with Crippen molar-refractivity contribution in [1.82, 2.24) is 14.1 Å². The molecule has 0 saturated heterocycles. The Bertz CT molecular complexity index is 2950. The Balaban J connectivity index is 0.997. The standard InChI is InChI=1S/C46H30N4O2/c51-44-26-31(49-40-19-5-1-13-33(40)34-14-2-6-20-41(34)49)23-24-37(44)38-17-10-12-30(48-38)28-47-39-18-9-11-29-25-32(27-45(52)46(29)39)50-42-21-7-3-15-35(42)36-16-4-8-22-43(36)50/h1-28,51-52H. The molecule has 7 aromatic carbocycles. The first-order chi connectivity index (χ1) is 25.6. The van der Waals surface area contributed by atoms with Crippen LogP contribution in [-0.4, -0.2) is 30.5 Å². The number of pyridine rings is 1. The van der Waals surface area contributed by atoms with Crippen LogP contribution in [0, 0.1) is 0 Å². The number of fused-ring (bicyclic) bond motifs is 7. The van der Waals surface area contributed by atoms with Crippen LogP contribution in [0.5, 0.6) is 11.5 Å². The zero-order valence-electron chi connectivity index (χ0n) is 27.8. The molecule has 0 atom stereocenters. The fraction of sp³-hybridized carbons (Fsp3) is 0. The summed E-state index contributed by atoms with van der Waals surface area (Å²) >= 11 is 0. The second kappa shape index (κ2) is 11.7. The van der Waals surface area contributed by atoms with Gasteiger partial charge in [-0.3, -0.25) is 4.99 Å². The number of benzene rings is 7. The number of para-hydroxylation sites is 4. The minimum Gasteiger partial charge on any atom is -0.507 e. The van der Waals surface area contributed by atoms with E-state index in [9.17, 15) is 10.2 Å². The Morgan fingerprint density at radius 1 is 0.481 bits per heavy atom. The molecule has 0 spiro atoms. The van der Waals surface area contributed by atoms with Crippen molar-refractivity contribution in [3.63, 3.8) is 0 Å². The Labute approximate surface area is 298 Å². The predicted octanol–water partition coefficient (Wildman–Crippen LogP) is 11.3. The largest absolute Gasteiger partial charge is 0.507 e. The summed E-state index contributed by atoms with van der Waals surface area (Å²) in [6.45, 7) is 0. The molecule has 3 heterocycles. The van der Waals surface area contributed by atoms with E-state index < -0.39 is 0 Å². The summed E-state index contributed by atoms with van der Waals surface area (Å²) in [5.41, 5.74) is 8.58. The van der Waals surface area contributed by atoms with Gasteiger partial charge in [-0.2, -0.15) is 0 Å². The number of aliphatic imine (C=N–C) groups is 1. The van der Waals surface area contributed by atoms with Gasteiger partial charge >= 0.3 is 0 Å². The number of phenols is 2. The van der Waals surface area contributed by atoms with E-state index in [2.05, 4.69) is 88.0 Å². The third kappa shape index (κ3) is 4.66. The molecule has 0 bridgehead atoms. The lowest BCUT2D eigenvalue weighted by atomic mass is 10.1. The van der Waals surface area contributed by atoms with Crippen molar-refractivity contribution in [3.05, 3.63) is 169 Å². The van der Waals surface area contributed by atoms with Crippen LogP contribution in [0.25, 0.3) is 77.0 Å². The van der Waals surface area contributed by atoms with Crippen molar-refractivity contribution >= 4 is 66.3 Å². The molecule has 0 fully saturated rings. The fourth-order valence-corrected chi connectivity index (χ4v) is 7.69. The Morgan fingerprint density at radius 3 is 1.62 bits per heavy atom. The molecular weight excluding hydrogens is 641 g/mol. The number of aromatic hydroxyl groups is 2. The SMILES string of the molecule is Oc1cc(-n2c3ccccc3c3ccccc32)ccc1-c1cccc(C=Nc2cccc3cc(-n4c5ccccc5c5ccccc54)cc(O)c23)n1. The van der Waals surface area contributed by atoms with Crippen molar-refractivity contribution in [1.29, 1.82) is 0 Å². The molecule has 0 aliphatic heterocycles. The second-order valence-electron chi connectivity index (χ2n) is 13.0. The van der Waals surface area contributed by atoms with Crippen molar-refractivity contribution in [2.45, 2.75) is 0 Å². The van der Waals surface area contributed by atoms with Crippen LogP contribution in [0.2, 0.25) is 0 Å². The van der Waals surface area contributed by atoms with Crippen LogP contribution >= 0.6 is 0 Å². The van der Waals surface area contributed by atoms with Gasteiger partial charge in [0.25, 0.3) is 0 Å². The number of nitrogens with zero attached hydrogens (tertiary/aromatic N) is 4. The van der Waals surface area contributed by atoms with E-state index in [1.54, 1.807) is 12.3 Å². The number of hydrogen-bond acceptors (Lipinski definition) is 4. The van der Waals surface area contributed by atoms with Gasteiger partial charge in [0.15, 0.2) is 0 Å². The average Bonchev–Trinajstić information content (AvgIpc) is 3.70. The smallest absolute Gasteiger partial charge is 0.127 e. The van der Waals surface area contributed by atoms with Crippen LogP contribution in [0.15, 0.2) is 169 Å². The normalized spacial score (nSPS) is 11.9. The van der Waals surface area contributed by atoms with Gasteiger partial charge in [0.2, 0.25) is 0 Å². The van der Waals surface area contributed by atoms with Crippen LogP contribution in [0.1, 0.15) is 5.69 Å². The molecule has 0 aliphatic carbocycles. The van der Waals surface area contributed by atoms with E-state index in [0.717, 1.165) is 49.6 Å². The molecule has 0 saturated carbocycles. The first kappa shape index (κ1) is 29.7. The van der Waals surface area contributed by atoms with Gasteiger partial charge in [0, 0.05) is 50.3 Å². The second-order valence-corrected chi connectivity index (χ2v) is 13.0. The highest BCUT2D eigenvalue weighted by molar-refractivity contribution is 6.11. The molecule has 0 radical (unpaired) electrons. The maximum absolute atomic E-state index is 11.5. The van der Waals surface area contributed by atoms with Gasteiger partial charge in [-0.1, -0.05) is 91.0 Å². The summed E-state index contributed by atoms with van der Waals surface area (Å²) in [4.78, 5) is 9.64. The summed E-state index contributed by atoms with van der Waals surface area (Å²) in [5.74, 6) is 0.288. The first-order valence-electron chi connectivity index (χ1n) is 17.2. The Kier molecular flexibility index (Phi) is 6.69. The molecule has 3 aromatic heterocycles. The zero-order chi connectivity index (χ0) is 34.8. The summed E-state index contributed by atoms with van der Waals surface area (Å²) in [7, 11) is 0. The topological polar surface area (TPSA) is 75.6 Å². The molecule has 0 amide bonds. The van der Waals surface area contributed by atoms with Gasteiger partial charge in [-0.05, 0) is 66.0 Å². The first-order valence-corrected chi connectivity index (χ1v) is 17.2. The Morgan fingerprint density at radius 2 is 1.02 bits per heavy atom. The molecule has 52 heavy (non-hydrogen) atoms. The van der Waals surface area contributed by atoms with Crippen LogP contribution in [0.3, 0.4) is 0 Å². The molecule has 2 N–H and O–H groups in total. The van der Waals surface area contributed by atoms with E-state index in [0.29, 0.717) is 28.0 Å². The lowest BCUT2D eigenvalue weighted by Crippen LogP contribution is -1.95. The van der Waals surface area contributed by atoms with Crippen LogP contribution in [0.4, 0.5) is 5.69 Å². The van der Waals surface area contributed by atoms with E-state index in [1.807, 2.05) is 78.9 Å². The van der Waals surface area contributed by atoms with Crippen molar-refractivity contribution in [2.75, 3.05) is 0 Å². The Hall–Kier alpha value is -7.18. The van der Waals surface area contributed by atoms with Crippen LogP contribution < -0.4 is 0 Å². The highest BCUT2D eigenvalue weighted by Crippen LogP contribution is 2.39. The third-order valence-electron chi connectivity index (χ3n) is 9.96. The van der Waals surface area contributed by atoms with Gasteiger partial charge in [0.05, 0.1) is 51.0 Å². The van der Waals surface area contributed by atoms with Crippen LogP contribution in [-0.2, 0) is 0 Å². The molecule has 0 unspecified atom stereocenters. The minimum atomic E-state index is 0.138. The minimum absolute atomic E-state index is 0.138. The maximum atomic E-state index is 11.5. The predicted molar refractivity (Wildman–Crippen MR) is 213 cm³/mol. The van der Waals surface area contributed by atoms with Crippen molar-refractivity contribution in [3.8, 4) is 34.1 Å². The van der Waals surface area contributed by atoms with E-state index in [1.165, 1.54) is 10.8 Å². The van der Waals surface area contributed by atoms with E-state index in [-0.39, 0.29) is 11.5 Å². The van der Waals surface area contributed by atoms with Gasteiger partial charge in [0.1, 0.15) is 11.5 Å². The molecule has 0 aliphatic rings. The van der Waals surface area contributed by atoms with E-state index in [4.69, 9.17) is 9.98 Å². The molecule has 6 nitrogen and oxygen atoms in total. The number of hydrogen-bond donors (Lipinski definition) is 2. The average molecular weight is 671 g/mol. The van der Waals surface area contributed by atoms with Gasteiger partial charge in [-0.25, -0.2) is 4.98 Å².